The number of ether oxygens (including phenoxy) is 1. The van der Waals surface area contributed by atoms with E-state index in [4.69, 9.17) is 4.74 Å². The highest BCUT2D eigenvalue weighted by Crippen LogP contribution is 2.20. The Balaban J connectivity index is 1.55. The Bertz CT molecular complexity index is 1360. The van der Waals surface area contributed by atoms with Crippen molar-refractivity contribution in [2.24, 2.45) is 4.99 Å². The van der Waals surface area contributed by atoms with Crippen molar-refractivity contribution in [1.82, 2.24) is 9.55 Å². The first kappa shape index (κ1) is 20.8. The predicted molar refractivity (Wildman–Crippen MR) is 119 cm³/mol. The van der Waals surface area contributed by atoms with Crippen LogP contribution in [0.5, 0.6) is 11.6 Å². The monoisotopic (exact) mass is 431 g/mol. The lowest BCUT2D eigenvalue weighted by Gasteiger charge is -2.09. The number of aromatic nitrogens is 2. The van der Waals surface area contributed by atoms with Crippen molar-refractivity contribution in [3.8, 4) is 17.3 Å². The maximum absolute atomic E-state index is 13.2. The third-order valence-electron chi connectivity index (χ3n) is 4.63. The van der Waals surface area contributed by atoms with Gasteiger partial charge in [0.1, 0.15) is 23.7 Å². The van der Waals surface area contributed by atoms with Gasteiger partial charge in [-0.3, -0.25) is 14.8 Å². The fourth-order valence-electron chi connectivity index (χ4n) is 2.99. The van der Waals surface area contributed by atoms with Gasteiger partial charge in [0.05, 0.1) is 11.4 Å². The molecule has 0 amide bonds. The largest absolute Gasteiger partial charge is 0.493 e. The van der Waals surface area contributed by atoms with E-state index in [1.165, 1.54) is 12.1 Å². The molecule has 0 unspecified atom stereocenters. The third kappa shape index (κ3) is 4.65. The van der Waals surface area contributed by atoms with E-state index in [0.29, 0.717) is 18.0 Å². The zero-order valence-electron chi connectivity index (χ0n) is 16.7. The molecule has 4 rings (SSSR count). The smallest absolute Gasteiger partial charge is 0.335 e. The van der Waals surface area contributed by atoms with Crippen LogP contribution in [0, 0.1) is 5.82 Å². The molecule has 8 heteroatoms. The molecule has 2 N–H and O–H groups in total. The van der Waals surface area contributed by atoms with Crippen LogP contribution in [-0.4, -0.2) is 20.9 Å². The number of halogens is 1. The topological polar surface area (TPSA) is 96.7 Å². The van der Waals surface area contributed by atoms with Crippen molar-refractivity contribution >= 4 is 11.9 Å². The van der Waals surface area contributed by atoms with Crippen molar-refractivity contribution in [2.45, 2.75) is 6.61 Å². The molecule has 0 aliphatic carbocycles. The van der Waals surface area contributed by atoms with Crippen molar-refractivity contribution in [1.29, 1.82) is 0 Å². The number of H-pyrrole nitrogens is 1. The lowest BCUT2D eigenvalue weighted by molar-refractivity contribution is 0.306. The highest BCUT2D eigenvalue weighted by atomic mass is 19.1. The number of nitrogens with one attached hydrogen (secondary N) is 1. The Morgan fingerprint density at radius 2 is 1.66 bits per heavy atom. The highest BCUT2D eigenvalue weighted by molar-refractivity contribution is 5.84. The fourth-order valence-corrected chi connectivity index (χ4v) is 2.99. The summed E-state index contributed by atoms with van der Waals surface area (Å²) in [6, 6.07) is 21.5. The summed E-state index contributed by atoms with van der Waals surface area (Å²) in [6.07, 6.45) is 1.16. The Labute approximate surface area is 181 Å². The molecule has 160 valence electrons. The quantitative estimate of drug-likeness (QED) is 0.455. The van der Waals surface area contributed by atoms with Gasteiger partial charge in [-0.2, -0.15) is 0 Å². The van der Waals surface area contributed by atoms with Gasteiger partial charge in [0.2, 0.25) is 5.88 Å². The number of aliphatic imine (C=N–C) groups is 1. The van der Waals surface area contributed by atoms with E-state index in [1.54, 1.807) is 24.3 Å². The fraction of sp³-hybridized carbons (Fsp3) is 0.0417. The average Bonchev–Trinajstić information content (AvgIpc) is 2.80. The van der Waals surface area contributed by atoms with Crippen LogP contribution in [0.15, 0.2) is 93.4 Å². The molecule has 0 aliphatic rings. The van der Waals surface area contributed by atoms with Crippen LogP contribution >= 0.6 is 0 Å². The Kier molecular flexibility index (Phi) is 5.94. The van der Waals surface area contributed by atoms with Crippen molar-refractivity contribution < 1.29 is 14.2 Å². The number of hydrogen-bond donors (Lipinski definition) is 2. The molecule has 0 saturated carbocycles. The molecule has 0 atom stereocenters. The minimum atomic E-state index is -0.851. The molecule has 0 saturated heterocycles. The standard InChI is InChI=1S/C24H18FN3O4/c25-17-6-10-19(11-7-17)28-23(30)21(22(29)27-24(28)31)14-26-18-8-12-20(13-9-18)32-15-16-4-2-1-3-5-16/h1-14,30H,15H2,(H,27,29,31). The van der Waals surface area contributed by atoms with Gasteiger partial charge in [-0.1, -0.05) is 30.3 Å². The molecular formula is C24H18FN3O4. The van der Waals surface area contributed by atoms with E-state index < -0.39 is 22.9 Å². The van der Waals surface area contributed by atoms with E-state index in [9.17, 15) is 19.1 Å². The zero-order valence-corrected chi connectivity index (χ0v) is 16.7. The summed E-state index contributed by atoms with van der Waals surface area (Å²) in [7, 11) is 0. The van der Waals surface area contributed by atoms with Gasteiger partial charge in [-0.25, -0.2) is 13.8 Å². The van der Waals surface area contributed by atoms with Gasteiger partial charge in [0.15, 0.2) is 0 Å². The zero-order chi connectivity index (χ0) is 22.5. The summed E-state index contributed by atoms with van der Waals surface area (Å²) >= 11 is 0. The highest BCUT2D eigenvalue weighted by Gasteiger charge is 2.14. The molecule has 0 spiro atoms. The lowest BCUT2D eigenvalue weighted by Crippen LogP contribution is -2.31. The number of nitrogens with zero attached hydrogens (tertiary/aromatic N) is 2. The number of hydrogen-bond acceptors (Lipinski definition) is 5. The van der Waals surface area contributed by atoms with Gasteiger partial charge < -0.3 is 9.84 Å². The second-order valence-corrected chi connectivity index (χ2v) is 6.83. The lowest BCUT2D eigenvalue weighted by atomic mass is 10.2. The number of benzene rings is 3. The SMILES string of the molecule is O=c1[nH]c(=O)n(-c2ccc(F)cc2)c(O)c1C=Nc1ccc(OCc2ccccc2)cc1. The van der Waals surface area contributed by atoms with Crippen LogP contribution in [0.4, 0.5) is 10.1 Å². The molecule has 4 aromatic rings. The summed E-state index contributed by atoms with van der Waals surface area (Å²) in [5, 5.41) is 10.5. The third-order valence-corrected chi connectivity index (χ3v) is 4.63. The number of rotatable bonds is 6. The predicted octanol–water partition coefficient (Wildman–Crippen LogP) is 3.70. The van der Waals surface area contributed by atoms with E-state index in [-0.39, 0.29) is 11.3 Å². The second kappa shape index (κ2) is 9.13. The van der Waals surface area contributed by atoms with Crippen LogP contribution in [0.3, 0.4) is 0 Å². The summed E-state index contributed by atoms with van der Waals surface area (Å²) < 4.78 is 19.8. The van der Waals surface area contributed by atoms with Gasteiger partial charge >= 0.3 is 5.69 Å². The molecule has 3 aromatic carbocycles. The Hall–Kier alpha value is -4.46. The first-order chi connectivity index (χ1) is 15.5. The molecule has 0 fully saturated rings. The van der Waals surface area contributed by atoms with Crippen LogP contribution in [0.2, 0.25) is 0 Å². The van der Waals surface area contributed by atoms with E-state index in [1.807, 2.05) is 30.3 Å². The van der Waals surface area contributed by atoms with E-state index in [0.717, 1.165) is 28.5 Å². The summed E-state index contributed by atoms with van der Waals surface area (Å²) in [5.74, 6) is -0.445. The van der Waals surface area contributed by atoms with Crippen LogP contribution in [-0.2, 0) is 6.61 Å². The van der Waals surface area contributed by atoms with Crippen molar-refractivity contribution in [3.05, 3.63) is 117 Å². The molecule has 7 nitrogen and oxygen atoms in total. The molecule has 0 radical (unpaired) electrons. The van der Waals surface area contributed by atoms with Crippen molar-refractivity contribution in [2.75, 3.05) is 0 Å². The van der Waals surface area contributed by atoms with Gasteiger partial charge in [-0.15, -0.1) is 0 Å². The minimum absolute atomic E-state index is 0.194. The van der Waals surface area contributed by atoms with Crippen LogP contribution < -0.4 is 16.0 Å². The first-order valence-corrected chi connectivity index (χ1v) is 9.66. The average molecular weight is 431 g/mol. The van der Waals surface area contributed by atoms with E-state index >= 15 is 0 Å². The molecule has 0 bridgehead atoms. The number of aromatic hydroxyl groups is 1. The van der Waals surface area contributed by atoms with E-state index in [2.05, 4.69) is 9.98 Å². The minimum Gasteiger partial charge on any atom is -0.493 e. The summed E-state index contributed by atoms with van der Waals surface area (Å²) in [4.78, 5) is 30.7. The maximum atomic E-state index is 13.2. The summed E-state index contributed by atoms with van der Waals surface area (Å²) in [6.45, 7) is 0.428. The molecule has 1 heterocycles. The molecular weight excluding hydrogens is 413 g/mol. The molecule has 1 aromatic heterocycles. The molecule has 0 aliphatic heterocycles. The van der Waals surface area contributed by atoms with Crippen molar-refractivity contribution in [3.63, 3.8) is 0 Å². The Morgan fingerprint density at radius 3 is 2.34 bits per heavy atom. The maximum Gasteiger partial charge on any atom is 0.335 e. The number of aromatic amines is 1. The Morgan fingerprint density at radius 1 is 0.969 bits per heavy atom. The van der Waals surface area contributed by atoms with Crippen LogP contribution in [0.25, 0.3) is 5.69 Å². The summed E-state index contributed by atoms with van der Waals surface area (Å²) in [5.41, 5.74) is -0.109. The first-order valence-electron chi connectivity index (χ1n) is 9.66. The van der Waals surface area contributed by atoms with Gasteiger partial charge in [0, 0.05) is 6.21 Å². The van der Waals surface area contributed by atoms with Crippen LogP contribution in [0.1, 0.15) is 11.1 Å². The normalized spacial score (nSPS) is 11.0. The van der Waals surface area contributed by atoms with Gasteiger partial charge in [-0.05, 0) is 54.1 Å². The molecule has 32 heavy (non-hydrogen) atoms. The second-order valence-electron chi connectivity index (χ2n) is 6.83. The van der Waals surface area contributed by atoms with Gasteiger partial charge in [0.25, 0.3) is 5.56 Å².